The Morgan fingerprint density at radius 3 is 2.90 bits per heavy atom. The second-order valence-corrected chi connectivity index (χ2v) is 5.63. The van der Waals surface area contributed by atoms with Crippen LogP contribution in [-0.4, -0.2) is 34.9 Å². The smallest absolute Gasteiger partial charge is 0.328 e. The van der Waals surface area contributed by atoms with Crippen molar-refractivity contribution in [1.82, 2.24) is 15.1 Å². The van der Waals surface area contributed by atoms with Crippen molar-refractivity contribution in [1.29, 1.82) is 0 Å². The van der Waals surface area contributed by atoms with Gasteiger partial charge in [0.25, 0.3) is 0 Å². The lowest BCUT2D eigenvalue weighted by atomic mass is 9.92. The zero-order valence-corrected chi connectivity index (χ0v) is 12.5. The lowest BCUT2D eigenvalue weighted by molar-refractivity contribution is -0.150. The second kappa shape index (κ2) is 5.48. The molecule has 5 nitrogen and oxygen atoms in total. The quantitative estimate of drug-likeness (QED) is 0.825. The van der Waals surface area contributed by atoms with E-state index in [-0.39, 0.29) is 5.97 Å². The molecule has 1 aliphatic carbocycles. The Bertz CT molecular complexity index is 648. The lowest BCUT2D eigenvalue weighted by Gasteiger charge is -2.32. The molecule has 0 saturated heterocycles. The van der Waals surface area contributed by atoms with E-state index in [1.54, 1.807) is 0 Å². The maximum Gasteiger partial charge on any atom is 0.328 e. The van der Waals surface area contributed by atoms with Crippen LogP contribution in [-0.2, 0) is 16.1 Å². The Balaban J connectivity index is 1.99. The van der Waals surface area contributed by atoms with Gasteiger partial charge in [-0.25, -0.2) is 4.79 Å². The molecule has 1 saturated carbocycles. The highest BCUT2D eigenvalue weighted by atomic mass is 16.5. The number of rotatable bonds is 6. The molecule has 0 amide bonds. The first kappa shape index (κ1) is 14.1. The SMILES string of the molecule is CCNC(Cn1ncc2ccccc21)(C(=O)OC)C1CC1. The molecule has 3 rings (SSSR count). The van der Waals surface area contributed by atoms with Gasteiger partial charge in [0.2, 0.25) is 0 Å². The third kappa shape index (κ3) is 2.42. The Kier molecular flexibility index (Phi) is 3.68. The minimum Gasteiger partial charge on any atom is -0.468 e. The maximum atomic E-state index is 12.4. The van der Waals surface area contributed by atoms with Gasteiger partial charge in [-0.1, -0.05) is 25.1 Å². The molecule has 112 valence electrons. The number of fused-ring (bicyclic) bond motifs is 1. The fraction of sp³-hybridized carbons (Fsp3) is 0.500. The van der Waals surface area contributed by atoms with E-state index >= 15 is 0 Å². The molecule has 1 aromatic heterocycles. The van der Waals surface area contributed by atoms with Crippen LogP contribution in [0.3, 0.4) is 0 Å². The highest BCUT2D eigenvalue weighted by molar-refractivity contribution is 5.83. The highest BCUT2D eigenvalue weighted by Gasteiger charge is 2.52. The van der Waals surface area contributed by atoms with Gasteiger partial charge in [-0.15, -0.1) is 0 Å². The minimum absolute atomic E-state index is 0.188. The number of esters is 1. The van der Waals surface area contributed by atoms with Crippen molar-refractivity contribution < 1.29 is 9.53 Å². The number of hydrogen-bond acceptors (Lipinski definition) is 4. The summed E-state index contributed by atoms with van der Waals surface area (Å²) in [6, 6.07) is 8.05. The van der Waals surface area contributed by atoms with Gasteiger partial charge in [0.05, 0.1) is 25.4 Å². The molecule has 21 heavy (non-hydrogen) atoms. The molecule has 1 fully saturated rings. The van der Waals surface area contributed by atoms with Crippen molar-refractivity contribution in [3.05, 3.63) is 30.5 Å². The van der Waals surface area contributed by atoms with Crippen molar-refractivity contribution in [2.75, 3.05) is 13.7 Å². The van der Waals surface area contributed by atoms with Gasteiger partial charge in [0, 0.05) is 5.39 Å². The fourth-order valence-corrected chi connectivity index (χ4v) is 3.09. The first-order valence-corrected chi connectivity index (χ1v) is 7.45. The van der Waals surface area contributed by atoms with Crippen LogP contribution in [0.5, 0.6) is 0 Å². The average Bonchev–Trinajstić information content (AvgIpc) is 3.29. The molecule has 2 aromatic rings. The van der Waals surface area contributed by atoms with Gasteiger partial charge in [0.15, 0.2) is 0 Å². The third-order valence-corrected chi connectivity index (χ3v) is 4.27. The van der Waals surface area contributed by atoms with Crippen LogP contribution in [0.15, 0.2) is 30.5 Å². The van der Waals surface area contributed by atoms with E-state index in [0.29, 0.717) is 12.5 Å². The second-order valence-electron chi connectivity index (χ2n) is 5.63. The van der Waals surface area contributed by atoms with Crippen LogP contribution in [0, 0.1) is 5.92 Å². The number of hydrogen-bond donors (Lipinski definition) is 1. The van der Waals surface area contributed by atoms with Crippen LogP contribution < -0.4 is 5.32 Å². The van der Waals surface area contributed by atoms with E-state index in [4.69, 9.17) is 4.74 Å². The molecular formula is C16H21N3O2. The number of carbonyl (C=O) groups is 1. The topological polar surface area (TPSA) is 56.2 Å². The molecule has 0 aliphatic heterocycles. The predicted octanol–water partition coefficient (Wildman–Crippen LogP) is 1.97. The largest absolute Gasteiger partial charge is 0.468 e. The summed E-state index contributed by atoms with van der Waals surface area (Å²) >= 11 is 0. The van der Waals surface area contributed by atoms with Crippen LogP contribution in [0.4, 0.5) is 0 Å². The molecule has 0 spiro atoms. The van der Waals surface area contributed by atoms with Crippen LogP contribution >= 0.6 is 0 Å². The normalized spacial score (nSPS) is 17.6. The monoisotopic (exact) mass is 287 g/mol. The summed E-state index contributed by atoms with van der Waals surface area (Å²) in [6.45, 7) is 3.25. The molecule has 0 radical (unpaired) electrons. The molecule has 0 bridgehead atoms. The summed E-state index contributed by atoms with van der Waals surface area (Å²) in [6.07, 6.45) is 3.96. The molecule has 1 atom stereocenters. The van der Waals surface area contributed by atoms with Gasteiger partial charge < -0.3 is 10.1 Å². The maximum absolute atomic E-state index is 12.4. The number of carbonyl (C=O) groups excluding carboxylic acids is 1. The van der Waals surface area contributed by atoms with E-state index < -0.39 is 5.54 Å². The first-order chi connectivity index (χ1) is 10.2. The minimum atomic E-state index is -0.668. The van der Waals surface area contributed by atoms with E-state index in [2.05, 4.69) is 10.4 Å². The summed E-state index contributed by atoms with van der Waals surface area (Å²) in [7, 11) is 1.46. The number of ether oxygens (including phenoxy) is 1. The average molecular weight is 287 g/mol. The molecule has 1 unspecified atom stereocenters. The molecule has 1 aromatic carbocycles. The van der Waals surface area contributed by atoms with E-state index in [1.807, 2.05) is 42.1 Å². The van der Waals surface area contributed by atoms with Crippen LogP contribution in [0.1, 0.15) is 19.8 Å². The van der Waals surface area contributed by atoms with Crippen molar-refractivity contribution >= 4 is 16.9 Å². The third-order valence-electron chi connectivity index (χ3n) is 4.27. The zero-order valence-electron chi connectivity index (χ0n) is 12.5. The lowest BCUT2D eigenvalue weighted by Crippen LogP contribution is -2.57. The van der Waals surface area contributed by atoms with E-state index in [0.717, 1.165) is 30.3 Å². The number of benzene rings is 1. The highest BCUT2D eigenvalue weighted by Crippen LogP contribution is 2.41. The Labute approximate surface area is 124 Å². The Morgan fingerprint density at radius 1 is 1.48 bits per heavy atom. The fourth-order valence-electron chi connectivity index (χ4n) is 3.09. The van der Waals surface area contributed by atoms with Crippen molar-refractivity contribution in [3.63, 3.8) is 0 Å². The van der Waals surface area contributed by atoms with E-state index in [9.17, 15) is 4.79 Å². The summed E-state index contributed by atoms with van der Waals surface area (Å²) in [5.74, 6) is 0.138. The standard InChI is InChI=1S/C16H21N3O2/c1-3-17-16(13-8-9-13,15(20)21-2)11-19-14-7-5-4-6-12(14)10-18-19/h4-7,10,13,17H,3,8-9,11H2,1-2H3. The summed E-state index contributed by atoms with van der Waals surface area (Å²) in [4.78, 5) is 12.4. The van der Waals surface area contributed by atoms with Crippen LogP contribution in [0.25, 0.3) is 10.9 Å². The van der Waals surface area contributed by atoms with Gasteiger partial charge in [-0.3, -0.25) is 4.68 Å². The molecule has 1 N–H and O–H groups in total. The molecular weight excluding hydrogens is 266 g/mol. The van der Waals surface area contributed by atoms with Gasteiger partial charge in [-0.05, 0) is 31.4 Å². The van der Waals surface area contributed by atoms with Gasteiger partial charge in [-0.2, -0.15) is 5.10 Å². The summed E-state index contributed by atoms with van der Waals surface area (Å²) in [5, 5.41) is 8.92. The number of aromatic nitrogens is 2. The number of nitrogens with one attached hydrogen (secondary N) is 1. The van der Waals surface area contributed by atoms with Crippen molar-refractivity contribution in [2.24, 2.45) is 5.92 Å². The molecule has 5 heteroatoms. The zero-order chi connectivity index (χ0) is 14.9. The summed E-state index contributed by atoms with van der Waals surface area (Å²) in [5.41, 5.74) is 0.377. The van der Waals surface area contributed by atoms with Gasteiger partial charge in [0.1, 0.15) is 5.54 Å². The summed E-state index contributed by atoms with van der Waals surface area (Å²) < 4.78 is 7.00. The van der Waals surface area contributed by atoms with E-state index in [1.165, 1.54) is 7.11 Å². The Morgan fingerprint density at radius 2 is 2.24 bits per heavy atom. The van der Waals surface area contributed by atoms with Crippen molar-refractivity contribution in [3.8, 4) is 0 Å². The number of likely N-dealkylation sites (N-methyl/N-ethyl adjacent to an activating group) is 1. The Hall–Kier alpha value is -1.88. The molecule has 1 aliphatic rings. The number of methoxy groups -OCH3 is 1. The first-order valence-electron chi connectivity index (χ1n) is 7.45. The number of nitrogens with zero attached hydrogens (tertiary/aromatic N) is 2. The van der Waals surface area contributed by atoms with Gasteiger partial charge >= 0.3 is 5.97 Å². The predicted molar refractivity (Wildman–Crippen MR) is 80.9 cm³/mol. The van der Waals surface area contributed by atoms with Crippen molar-refractivity contribution in [2.45, 2.75) is 31.8 Å². The molecule has 1 heterocycles. The van der Waals surface area contributed by atoms with Crippen LogP contribution in [0.2, 0.25) is 0 Å². The number of para-hydroxylation sites is 1.